The molecular formula is C17H20BrClN2O2. The first kappa shape index (κ1) is 18.0. The number of halogens is 2. The lowest BCUT2D eigenvalue weighted by molar-refractivity contribution is 0.0719. The molecule has 0 aliphatic heterocycles. The topological polar surface area (TPSA) is 36.7 Å². The first-order chi connectivity index (χ1) is 10.9. The second-order valence-corrected chi connectivity index (χ2v) is 6.99. The molecule has 23 heavy (non-hydrogen) atoms. The quantitative estimate of drug-likeness (QED) is 0.730. The van der Waals surface area contributed by atoms with E-state index in [1.165, 1.54) is 0 Å². The van der Waals surface area contributed by atoms with Crippen molar-refractivity contribution in [3.05, 3.63) is 56.9 Å². The maximum atomic E-state index is 12.9. The fourth-order valence-corrected chi connectivity index (χ4v) is 2.72. The van der Waals surface area contributed by atoms with Gasteiger partial charge in [0, 0.05) is 17.6 Å². The van der Waals surface area contributed by atoms with E-state index in [0.717, 1.165) is 22.5 Å². The molecule has 1 aromatic carbocycles. The number of rotatable bonds is 6. The van der Waals surface area contributed by atoms with Gasteiger partial charge in [-0.3, -0.25) is 4.79 Å². The van der Waals surface area contributed by atoms with Crippen LogP contribution in [0.1, 0.15) is 21.9 Å². The third-order valence-corrected chi connectivity index (χ3v) is 4.23. The van der Waals surface area contributed by atoms with E-state index in [0.29, 0.717) is 23.7 Å². The summed E-state index contributed by atoms with van der Waals surface area (Å²) in [6.07, 6.45) is 0. The molecule has 0 radical (unpaired) electrons. The van der Waals surface area contributed by atoms with Crippen molar-refractivity contribution in [3.63, 3.8) is 0 Å². The number of hydrogen-bond acceptors (Lipinski definition) is 3. The molecule has 124 valence electrons. The molecule has 2 rings (SSSR count). The van der Waals surface area contributed by atoms with Crippen LogP contribution >= 0.6 is 27.5 Å². The van der Waals surface area contributed by atoms with Crippen LogP contribution in [0.15, 0.2) is 39.2 Å². The Morgan fingerprint density at radius 2 is 1.96 bits per heavy atom. The van der Waals surface area contributed by atoms with Gasteiger partial charge in [-0.25, -0.2) is 0 Å². The molecule has 0 saturated carbocycles. The Morgan fingerprint density at radius 1 is 1.22 bits per heavy atom. The summed E-state index contributed by atoms with van der Waals surface area (Å²) < 4.78 is 6.44. The predicted octanol–water partition coefficient (Wildman–Crippen LogP) is 4.21. The van der Waals surface area contributed by atoms with Crippen LogP contribution in [-0.2, 0) is 6.54 Å². The minimum absolute atomic E-state index is 0.104. The van der Waals surface area contributed by atoms with Gasteiger partial charge in [-0.2, -0.15) is 0 Å². The molecule has 0 atom stereocenters. The van der Waals surface area contributed by atoms with Crippen molar-refractivity contribution < 1.29 is 9.21 Å². The number of carbonyl (C=O) groups is 1. The fraction of sp³-hybridized carbons (Fsp3) is 0.353. The maximum Gasteiger partial charge on any atom is 0.255 e. The van der Waals surface area contributed by atoms with Gasteiger partial charge in [0.2, 0.25) is 0 Å². The van der Waals surface area contributed by atoms with Crippen LogP contribution < -0.4 is 0 Å². The van der Waals surface area contributed by atoms with Crippen LogP contribution in [0.5, 0.6) is 0 Å². The van der Waals surface area contributed by atoms with Crippen LogP contribution in [0.4, 0.5) is 0 Å². The van der Waals surface area contributed by atoms with E-state index in [-0.39, 0.29) is 5.91 Å². The van der Waals surface area contributed by atoms with Gasteiger partial charge in [-0.15, -0.1) is 0 Å². The number of carbonyl (C=O) groups excluding carboxylic acids is 1. The summed E-state index contributed by atoms with van der Waals surface area (Å²) in [7, 11) is 3.96. The summed E-state index contributed by atoms with van der Waals surface area (Å²) in [6, 6.07) is 9.09. The molecule has 0 fully saturated rings. The van der Waals surface area contributed by atoms with Crippen molar-refractivity contribution in [1.29, 1.82) is 0 Å². The molecule has 0 aliphatic rings. The van der Waals surface area contributed by atoms with Gasteiger partial charge in [0.15, 0.2) is 0 Å². The Labute approximate surface area is 150 Å². The molecule has 6 heteroatoms. The minimum Gasteiger partial charge on any atom is -0.464 e. The van der Waals surface area contributed by atoms with E-state index >= 15 is 0 Å². The van der Waals surface area contributed by atoms with E-state index in [2.05, 4.69) is 15.9 Å². The summed E-state index contributed by atoms with van der Waals surface area (Å²) >= 11 is 9.59. The minimum atomic E-state index is -0.104. The molecule has 0 bridgehead atoms. The predicted molar refractivity (Wildman–Crippen MR) is 95.9 cm³/mol. The zero-order chi connectivity index (χ0) is 17.0. The third-order valence-electron chi connectivity index (χ3n) is 3.41. The Bertz CT molecular complexity index is 685. The third kappa shape index (κ3) is 5.09. The average molecular weight is 400 g/mol. The summed E-state index contributed by atoms with van der Waals surface area (Å²) in [5, 5.41) is 0.448. The zero-order valence-electron chi connectivity index (χ0n) is 13.5. The van der Waals surface area contributed by atoms with Crippen molar-refractivity contribution in [3.8, 4) is 0 Å². The van der Waals surface area contributed by atoms with E-state index in [1.807, 2.05) is 44.1 Å². The summed E-state index contributed by atoms with van der Waals surface area (Å²) in [6.45, 7) is 3.66. The molecule has 1 amide bonds. The number of aryl methyl sites for hydroxylation is 1. The fourth-order valence-electron chi connectivity index (χ4n) is 2.16. The zero-order valence-corrected chi connectivity index (χ0v) is 15.8. The van der Waals surface area contributed by atoms with Crippen molar-refractivity contribution in [2.75, 3.05) is 27.2 Å². The number of nitrogens with zero attached hydrogens (tertiary/aromatic N) is 2. The van der Waals surface area contributed by atoms with E-state index in [1.54, 1.807) is 17.0 Å². The van der Waals surface area contributed by atoms with Gasteiger partial charge in [0.25, 0.3) is 5.91 Å². The number of amides is 1. The molecule has 0 saturated heterocycles. The van der Waals surface area contributed by atoms with Crippen LogP contribution in [-0.4, -0.2) is 42.9 Å². The lowest BCUT2D eigenvalue weighted by Gasteiger charge is -2.24. The van der Waals surface area contributed by atoms with Crippen molar-refractivity contribution in [2.24, 2.45) is 0 Å². The molecule has 1 heterocycles. The monoisotopic (exact) mass is 398 g/mol. The highest BCUT2D eigenvalue weighted by molar-refractivity contribution is 9.10. The second-order valence-electron chi connectivity index (χ2n) is 5.67. The summed E-state index contributed by atoms with van der Waals surface area (Å²) in [5.74, 6) is 1.49. The molecule has 0 unspecified atom stereocenters. The maximum absolute atomic E-state index is 12.9. The van der Waals surface area contributed by atoms with Gasteiger partial charge < -0.3 is 14.2 Å². The van der Waals surface area contributed by atoms with E-state index < -0.39 is 0 Å². The Hall–Kier alpha value is -1.30. The largest absolute Gasteiger partial charge is 0.464 e. The van der Waals surface area contributed by atoms with Gasteiger partial charge in [-0.1, -0.05) is 27.5 Å². The Morgan fingerprint density at radius 3 is 2.57 bits per heavy atom. The van der Waals surface area contributed by atoms with Crippen LogP contribution in [0.2, 0.25) is 5.02 Å². The number of benzene rings is 1. The highest BCUT2D eigenvalue weighted by Gasteiger charge is 2.20. The lowest BCUT2D eigenvalue weighted by Crippen LogP contribution is -2.36. The Kier molecular flexibility index (Phi) is 6.27. The standard InChI is InChI=1S/C17H20BrClN2O2/c1-12-4-6-14(23-12)11-21(9-8-20(2)3)17(22)15-10-13(18)5-7-16(15)19/h4-7,10H,8-9,11H2,1-3H3. The van der Waals surface area contributed by atoms with Crippen LogP contribution in [0.25, 0.3) is 0 Å². The number of likely N-dealkylation sites (N-methyl/N-ethyl adjacent to an activating group) is 1. The summed E-state index contributed by atoms with van der Waals surface area (Å²) in [4.78, 5) is 16.7. The SMILES string of the molecule is Cc1ccc(CN(CCN(C)C)C(=O)c2cc(Br)ccc2Cl)o1. The smallest absolute Gasteiger partial charge is 0.255 e. The number of hydrogen-bond donors (Lipinski definition) is 0. The number of furan rings is 1. The Balaban J connectivity index is 2.24. The highest BCUT2D eigenvalue weighted by atomic mass is 79.9. The first-order valence-electron chi connectivity index (χ1n) is 7.31. The van der Waals surface area contributed by atoms with Crippen molar-refractivity contribution in [1.82, 2.24) is 9.80 Å². The molecule has 2 aromatic rings. The second kappa shape index (κ2) is 7.99. The average Bonchev–Trinajstić information content (AvgIpc) is 2.90. The summed E-state index contributed by atoms with van der Waals surface area (Å²) in [5.41, 5.74) is 0.489. The normalized spacial score (nSPS) is 11.0. The molecule has 0 spiro atoms. The molecule has 0 N–H and O–H groups in total. The van der Waals surface area contributed by atoms with Crippen molar-refractivity contribution in [2.45, 2.75) is 13.5 Å². The van der Waals surface area contributed by atoms with E-state index in [4.69, 9.17) is 16.0 Å². The van der Waals surface area contributed by atoms with Gasteiger partial charge in [0.05, 0.1) is 17.1 Å². The van der Waals surface area contributed by atoms with Gasteiger partial charge in [0.1, 0.15) is 11.5 Å². The van der Waals surface area contributed by atoms with Crippen LogP contribution in [0, 0.1) is 6.92 Å². The first-order valence-corrected chi connectivity index (χ1v) is 8.48. The molecule has 1 aromatic heterocycles. The molecule has 4 nitrogen and oxygen atoms in total. The van der Waals surface area contributed by atoms with Gasteiger partial charge in [-0.05, 0) is 51.4 Å². The van der Waals surface area contributed by atoms with E-state index in [9.17, 15) is 4.79 Å². The lowest BCUT2D eigenvalue weighted by atomic mass is 10.2. The molecule has 0 aliphatic carbocycles. The van der Waals surface area contributed by atoms with Crippen LogP contribution in [0.3, 0.4) is 0 Å². The molecular weight excluding hydrogens is 380 g/mol. The highest BCUT2D eigenvalue weighted by Crippen LogP contribution is 2.23. The van der Waals surface area contributed by atoms with Gasteiger partial charge >= 0.3 is 0 Å². The van der Waals surface area contributed by atoms with Crippen molar-refractivity contribution >= 4 is 33.4 Å².